The lowest BCUT2D eigenvalue weighted by molar-refractivity contribution is -0.114. The van der Waals surface area contributed by atoms with Gasteiger partial charge in [0.15, 0.2) is 0 Å². The van der Waals surface area contributed by atoms with E-state index in [1.54, 1.807) is 25.3 Å². The number of Topliss-reactive ketones (excluding diaryl/α,β-unsaturated/α-hetero) is 1. The number of ether oxygens (including phenoxy) is 1. The molecule has 16 heavy (non-hydrogen) atoms. The van der Waals surface area contributed by atoms with Crippen molar-refractivity contribution in [1.29, 1.82) is 0 Å². The van der Waals surface area contributed by atoms with Gasteiger partial charge in [0, 0.05) is 23.2 Å². The largest absolute Gasteiger partial charge is 0.497 e. The Balaban J connectivity index is 2.58. The lowest BCUT2D eigenvalue weighted by Crippen LogP contribution is -2.22. The van der Waals surface area contributed by atoms with Crippen LogP contribution < -0.4 is 10.5 Å². The van der Waals surface area contributed by atoms with Crippen molar-refractivity contribution in [3.63, 3.8) is 0 Å². The maximum absolute atomic E-state index is 11.4. The summed E-state index contributed by atoms with van der Waals surface area (Å²) in [6.45, 7) is 0. The molecule has 0 saturated heterocycles. The zero-order chi connectivity index (χ0) is 11.7. The fourth-order valence-electron chi connectivity index (χ4n) is 1.55. The summed E-state index contributed by atoms with van der Waals surface area (Å²) in [6.07, 6.45) is 1.47. The molecular weight excluding hydrogens is 208 g/mol. The van der Waals surface area contributed by atoms with Crippen LogP contribution in [0, 0.1) is 0 Å². The Kier molecular flexibility index (Phi) is 2.36. The van der Waals surface area contributed by atoms with E-state index in [4.69, 9.17) is 10.5 Å². The van der Waals surface area contributed by atoms with Gasteiger partial charge >= 0.3 is 0 Å². The second-order valence-corrected chi connectivity index (χ2v) is 3.31. The molecule has 1 aromatic heterocycles. The number of carbonyl (C=O) groups is 2. The molecule has 1 heterocycles. The number of amides is 1. The summed E-state index contributed by atoms with van der Waals surface area (Å²) in [5, 5.41) is 0.657. The van der Waals surface area contributed by atoms with Gasteiger partial charge in [-0.2, -0.15) is 0 Å². The number of methoxy groups -OCH3 is 1. The summed E-state index contributed by atoms with van der Waals surface area (Å²) in [6, 6.07) is 5.17. The fourth-order valence-corrected chi connectivity index (χ4v) is 1.55. The predicted octanol–water partition coefficient (Wildman–Crippen LogP) is 0.845. The van der Waals surface area contributed by atoms with Gasteiger partial charge in [0.05, 0.1) is 12.7 Å². The molecule has 0 saturated carbocycles. The average Bonchev–Trinajstić information content (AvgIpc) is 2.70. The number of hydrogen-bond acceptors (Lipinski definition) is 3. The van der Waals surface area contributed by atoms with Crippen molar-refractivity contribution >= 4 is 22.6 Å². The van der Waals surface area contributed by atoms with Gasteiger partial charge in [-0.3, -0.25) is 9.59 Å². The number of ketones is 1. The van der Waals surface area contributed by atoms with Crippen LogP contribution in [0.15, 0.2) is 24.4 Å². The van der Waals surface area contributed by atoms with E-state index in [2.05, 4.69) is 4.98 Å². The van der Waals surface area contributed by atoms with Gasteiger partial charge in [-0.1, -0.05) is 0 Å². The van der Waals surface area contributed by atoms with Crippen LogP contribution >= 0.6 is 0 Å². The van der Waals surface area contributed by atoms with E-state index in [1.807, 2.05) is 0 Å². The number of aromatic amines is 1. The number of aromatic nitrogens is 1. The molecule has 0 fully saturated rings. The minimum atomic E-state index is -0.961. The smallest absolute Gasteiger partial charge is 0.289 e. The van der Waals surface area contributed by atoms with Crippen molar-refractivity contribution in [2.75, 3.05) is 7.11 Å². The first kappa shape index (κ1) is 10.2. The molecule has 0 spiro atoms. The molecule has 0 aliphatic rings. The standard InChI is InChI=1S/C11H10N2O3/c1-16-6-2-3-7-8(10(14)11(12)15)5-13-9(7)4-6/h2-5,13H,1H3,(H2,12,15). The number of primary amides is 1. The maximum Gasteiger partial charge on any atom is 0.289 e. The van der Waals surface area contributed by atoms with Gasteiger partial charge in [0.25, 0.3) is 11.7 Å². The van der Waals surface area contributed by atoms with Gasteiger partial charge < -0.3 is 15.5 Å². The predicted molar refractivity (Wildman–Crippen MR) is 58.4 cm³/mol. The van der Waals surface area contributed by atoms with Gasteiger partial charge in [-0.05, 0) is 12.1 Å². The van der Waals surface area contributed by atoms with E-state index in [0.717, 1.165) is 5.52 Å². The van der Waals surface area contributed by atoms with E-state index in [0.29, 0.717) is 11.1 Å². The average molecular weight is 218 g/mol. The number of fused-ring (bicyclic) bond motifs is 1. The molecule has 5 heteroatoms. The third-order valence-corrected chi connectivity index (χ3v) is 2.36. The summed E-state index contributed by atoms with van der Waals surface area (Å²) < 4.78 is 5.04. The summed E-state index contributed by atoms with van der Waals surface area (Å²) in [7, 11) is 1.56. The Morgan fingerprint density at radius 2 is 2.12 bits per heavy atom. The molecule has 0 aliphatic heterocycles. The van der Waals surface area contributed by atoms with Crippen LogP contribution in [0.3, 0.4) is 0 Å². The molecule has 1 aromatic carbocycles. The van der Waals surface area contributed by atoms with E-state index in [9.17, 15) is 9.59 Å². The number of carbonyl (C=O) groups excluding carboxylic acids is 2. The van der Waals surface area contributed by atoms with Crippen molar-refractivity contribution in [3.8, 4) is 5.75 Å². The highest BCUT2D eigenvalue weighted by Gasteiger charge is 2.16. The zero-order valence-corrected chi connectivity index (χ0v) is 8.61. The molecule has 2 aromatic rings. The second kappa shape index (κ2) is 3.69. The normalized spacial score (nSPS) is 10.3. The maximum atomic E-state index is 11.4. The second-order valence-electron chi connectivity index (χ2n) is 3.31. The number of nitrogens with one attached hydrogen (secondary N) is 1. The van der Waals surface area contributed by atoms with Crippen molar-refractivity contribution in [2.24, 2.45) is 5.73 Å². The quantitative estimate of drug-likeness (QED) is 0.591. The van der Waals surface area contributed by atoms with E-state index < -0.39 is 11.7 Å². The van der Waals surface area contributed by atoms with E-state index in [-0.39, 0.29) is 5.56 Å². The third-order valence-electron chi connectivity index (χ3n) is 2.36. The lowest BCUT2D eigenvalue weighted by atomic mass is 10.1. The van der Waals surface area contributed by atoms with Crippen LogP contribution in [0.2, 0.25) is 0 Å². The molecule has 3 N–H and O–H groups in total. The summed E-state index contributed by atoms with van der Waals surface area (Å²) in [5.41, 5.74) is 5.96. The molecule has 82 valence electrons. The van der Waals surface area contributed by atoms with Crippen molar-refractivity contribution in [1.82, 2.24) is 4.98 Å². The van der Waals surface area contributed by atoms with E-state index in [1.165, 1.54) is 6.20 Å². The van der Waals surface area contributed by atoms with Gasteiger partial charge in [0.1, 0.15) is 5.75 Å². The molecule has 5 nitrogen and oxygen atoms in total. The van der Waals surface area contributed by atoms with Crippen molar-refractivity contribution in [2.45, 2.75) is 0 Å². The molecule has 0 aliphatic carbocycles. The van der Waals surface area contributed by atoms with Crippen molar-refractivity contribution in [3.05, 3.63) is 30.0 Å². The Bertz CT molecular complexity index is 572. The fraction of sp³-hybridized carbons (Fsp3) is 0.0909. The SMILES string of the molecule is COc1ccc2c(C(=O)C(N)=O)c[nH]c2c1. The molecule has 1 amide bonds. The third kappa shape index (κ3) is 1.52. The molecular formula is C11H10N2O3. The van der Waals surface area contributed by atoms with Crippen LogP contribution in [-0.2, 0) is 4.79 Å². The highest BCUT2D eigenvalue weighted by atomic mass is 16.5. The Labute approximate surface area is 91.2 Å². The van der Waals surface area contributed by atoms with Crippen molar-refractivity contribution < 1.29 is 14.3 Å². The number of H-pyrrole nitrogens is 1. The first-order valence-corrected chi connectivity index (χ1v) is 4.62. The topological polar surface area (TPSA) is 85.2 Å². The minimum absolute atomic E-state index is 0.283. The van der Waals surface area contributed by atoms with Gasteiger partial charge in [0.2, 0.25) is 0 Å². The van der Waals surface area contributed by atoms with Crippen LogP contribution in [0.5, 0.6) is 5.75 Å². The first-order chi connectivity index (χ1) is 7.63. The monoisotopic (exact) mass is 218 g/mol. The summed E-state index contributed by atoms with van der Waals surface area (Å²) in [5.74, 6) is -0.986. The highest BCUT2D eigenvalue weighted by molar-refractivity contribution is 6.44. The Morgan fingerprint density at radius 3 is 2.75 bits per heavy atom. The van der Waals surface area contributed by atoms with Crippen LogP contribution in [-0.4, -0.2) is 23.8 Å². The Hall–Kier alpha value is -2.30. The zero-order valence-electron chi connectivity index (χ0n) is 8.61. The first-order valence-electron chi connectivity index (χ1n) is 4.62. The number of rotatable bonds is 3. The van der Waals surface area contributed by atoms with Crippen LogP contribution in [0.25, 0.3) is 10.9 Å². The van der Waals surface area contributed by atoms with E-state index >= 15 is 0 Å². The highest BCUT2D eigenvalue weighted by Crippen LogP contribution is 2.23. The van der Waals surface area contributed by atoms with Crippen LogP contribution in [0.4, 0.5) is 0 Å². The van der Waals surface area contributed by atoms with Gasteiger partial charge in [-0.25, -0.2) is 0 Å². The van der Waals surface area contributed by atoms with Crippen LogP contribution in [0.1, 0.15) is 10.4 Å². The lowest BCUT2D eigenvalue weighted by Gasteiger charge is -1.99. The number of nitrogens with two attached hydrogens (primary N) is 1. The summed E-state index contributed by atoms with van der Waals surface area (Å²) >= 11 is 0. The van der Waals surface area contributed by atoms with Gasteiger partial charge in [-0.15, -0.1) is 0 Å². The molecule has 0 atom stereocenters. The Morgan fingerprint density at radius 1 is 1.38 bits per heavy atom. The number of hydrogen-bond donors (Lipinski definition) is 2. The molecule has 0 unspecified atom stereocenters. The minimum Gasteiger partial charge on any atom is -0.497 e. The molecule has 2 rings (SSSR count). The summed E-state index contributed by atoms with van der Waals surface area (Å²) in [4.78, 5) is 25.1. The molecule has 0 radical (unpaired) electrons. The number of benzene rings is 1. The molecule has 0 bridgehead atoms.